The SMILES string of the molecule is N#CC1=C[N]N=C1. The van der Waals surface area contributed by atoms with Gasteiger partial charge in [-0.25, -0.2) is 0 Å². The highest BCUT2D eigenvalue weighted by Crippen LogP contribution is 1.90. The molecule has 33 valence electrons. The van der Waals surface area contributed by atoms with Crippen LogP contribution < -0.4 is 5.43 Å². The van der Waals surface area contributed by atoms with Crippen LogP contribution in [0, 0.1) is 11.3 Å². The van der Waals surface area contributed by atoms with E-state index >= 15 is 0 Å². The van der Waals surface area contributed by atoms with Crippen molar-refractivity contribution in [1.29, 1.82) is 5.26 Å². The second-order valence-electron chi connectivity index (χ2n) is 1.06. The Hall–Kier alpha value is -1.30. The minimum absolute atomic E-state index is 0.514. The van der Waals surface area contributed by atoms with Crippen molar-refractivity contribution in [2.45, 2.75) is 0 Å². The zero-order chi connectivity index (χ0) is 5.11. The lowest BCUT2D eigenvalue weighted by molar-refractivity contribution is 0.975. The van der Waals surface area contributed by atoms with Gasteiger partial charge in [-0.3, -0.25) is 0 Å². The van der Waals surface area contributed by atoms with Crippen molar-refractivity contribution in [2.24, 2.45) is 5.10 Å². The molecule has 0 bridgehead atoms. The maximum absolute atomic E-state index is 8.10. The van der Waals surface area contributed by atoms with Crippen LogP contribution in [0.1, 0.15) is 0 Å². The second-order valence-corrected chi connectivity index (χ2v) is 1.06. The molecular weight excluding hydrogens is 90.1 g/mol. The summed E-state index contributed by atoms with van der Waals surface area (Å²) in [5.74, 6) is 0. The smallest absolute Gasteiger partial charge is 0.103 e. The van der Waals surface area contributed by atoms with Crippen molar-refractivity contribution >= 4 is 6.21 Å². The van der Waals surface area contributed by atoms with Crippen molar-refractivity contribution in [1.82, 2.24) is 5.43 Å². The lowest BCUT2D eigenvalue weighted by Gasteiger charge is -1.65. The fourth-order valence-corrected chi connectivity index (χ4v) is 0.282. The Morgan fingerprint density at radius 3 is 2.86 bits per heavy atom. The number of rotatable bonds is 0. The fraction of sp³-hybridized carbons (Fsp3) is 0. The summed E-state index contributed by atoms with van der Waals surface area (Å²) in [4.78, 5) is 0. The lowest BCUT2D eigenvalue weighted by atomic mass is 10.4. The van der Waals surface area contributed by atoms with Gasteiger partial charge in [0, 0.05) is 0 Å². The van der Waals surface area contributed by atoms with Gasteiger partial charge in [0.1, 0.15) is 6.07 Å². The maximum atomic E-state index is 8.10. The second kappa shape index (κ2) is 1.43. The minimum atomic E-state index is 0.514. The van der Waals surface area contributed by atoms with E-state index in [1.807, 2.05) is 6.07 Å². The zero-order valence-corrected chi connectivity index (χ0v) is 3.50. The van der Waals surface area contributed by atoms with Gasteiger partial charge in [0.15, 0.2) is 0 Å². The molecule has 0 unspecified atom stereocenters. The predicted octanol–water partition coefficient (Wildman–Crippen LogP) is -0.00232. The van der Waals surface area contributed by atoms with Crippen LogP contribution in [0.5, 0.6) is 0 Å². The van der Waals surface area contributed by atoms with Gasteiger partial charge >= 0.3 is 0 Å². The van der Waals surface area contributed by atoms with Crippen LogP contribution in [0.3, 0.4) is 0 Å². The van der Waals surface area contributed by atoms with E-state index in [4.69, 9.17) is 5.26 Å². The third-order valence-corrected chi connectivity index (χ3v) is 0.589. The molecule has 1 aliphatic heterocycles. The number of nitrogens with zero attached hydrogens (tertiary/aromatic N) is 3. The molecule has 0 spiro atoms. The van der Waals surface area contributed by atoms with E-state index < -0.39 is 0 Å². The highest BCUT2D eigenvalue weighted by molar-refractivity contribution is 5.84. The first-order valence-electron chi connectivity index (χ1n) is 1.77. The summed E-state index contributed by atoms with van der Waals surface area (Å²) in [6.45, 7) is 0. The Labute approximate surface area is 40.9 Å². The molecule has 0 aliphatic carbocycles. The topological polar surface area (TPSA) is 50.2 Å². The summed E-state index contributed by atoms with van der Waals surface area (Å²) in [6.07, 6.45) is 2.83. The number of nitriles is 1. The number of hydrogen-bond donors (Lipinski definition) is 0. The van der Waals surface area contributed by atoms with Gasteiger partial charge in [-0.1, -0.05) is 0 Å². The van der Waals surface area contributed by atoms with E-state index in [9.17, 15) is 0 Å². The standard InChI is InChI=1S/C4H2N3/c5-1-4-2-6-7-3-4/h2-3H. The van der Waals surface area contributed by atoms with E-state index in [-0.39, 0.29) is 0 Å². The van der Waals surface area contributed by atoms with Crippen LogP contribution in [-0.2, 0) is 0 Å². The normalized spacial score (nSPS) is 15.0. The Bertz CT molecular complexity index is 160. The largest absolute Gasteiger partial charge is 0.192 e. The molecule has 0 aromatic carbocycles. The van der Waals surface area contributed by atoms with Gasteiger partial charge in [-0.15, -0.1) is 0 Å². The maximum Gasteiger partial charge on any atom is 0.103 e. The molecule has 3 heteroatoms. The van der Waals surface area contributed by atoms with Crippen LogP contribution in [0.15, 0.2) is 16.9 Å². The third kappa shape index (κ3) is 0.578. The van der Waals surface area contributed by atoms with E-state index in [2.05, 4.69) is 10.5 Å². The highest BCUT2D eigenvalue weighted by atomic mass is 15.3. The Balaban J connectivity index is 2.75. The summed E-state index contributed by atoms with van der Waals surface area (Å²) in [6, 6.07) is 1.88. The minimum Gasteiger partial charge on any atom is -0.192 e. The molecule has 1 aliphatic rings. The highest BCUT2D eigenvalue weighted by Gasteiger charge is 1.93. The molecule has 0 saturated heterocycles. The summed E-state index contributed by atoms with van der Waals surface area (Å²) in [5, 5.41) is 11.5. The van der Waals surface area contributed by atoms with Crippen LogP contribution in [-0.4, -0.2) is 6.21 Å². The number of hydrogen-bond acceptors (Lipinski definition) is 2. The summed E-state index contributed by atoms with van der Waals surface area (Å²) in [7, 11) is 0. The quantitative estimate of drug-likeness (QED) is 0.414. The fourth-order valence-electron chi connectivity index (χ4n) is 0.282. The van der Waals surface area contributed by atoms with Crippen molar-refractivity contribution in [2.75, 3.05) is 0 Å². The third-order valence-electron chi connectivity index (χ3n) is 0.589. The molecule has 3 nitrogen and oxygen atoms in total. The Morgan fingerprint density at radius 1 is 1.71 bits per heavy atom. The Morgan fingerprint density at radius 2 is 2.57 bits per heavy atom. The van der Waals surface area contributed by atoms with E-state index in [1.54, 1.807) is 0 Å². The summed E-state index contributed by atoms with van der Waals surface area (Å²) < 4.78 is 0. The molecule has 0 amide bonds. The molecule has 1 radical (unpaired) electrons. The van der Waals surface area contributed by atoms with E-state index in [1.165, 1.54) is 12.4 Å². The van der Waals surface area contributed by atoms with Crippen molar-refractivity contribution in [3.8, 4) is 6.07 Å². The van der Waals surface area contributed by atoms with Crippen molar-refractivity contribution in [3.05, 3.63) is 11.8 Å². The molecule has 7 heavy (non-hydrogen) atoms. The monoisotopic (exact) mass is 92.0 g/mol. The van der Waals surface area contributed by atoms with Gasteiger partial charge in [-0.2, -0.15) is 15.8 Å². The van der Waals surface area contributed by atoms with Crippen LogP contribution in [0.2, 0.25) is 0 Å². The van der Waals surface area contributed by atoms with Gasteiger partial charge < -0.3 is 0 Å². The zero-order valence-electron chi connectivity index (χ0n) is 3.50. The van der Waals surface area contributed by atoms with Crippen LogP contribution in [0.4, 0.5) is 0 Å². The van der Waals surface area contributed by atoms with Gasteiger partial charge in [0.25, 0.3) is 0 Å². The van der Waals surface area contributed by atoms with Crippen LogP contribution in [0.25, 0.3) is 0 Å². The molecule has 0 aromatic rings. The molecule has 1 rings (SSSR count). The predicted molar refractivity (Wildman–Crippen MR) is 24.3 cm³/mol. The molecule has 0 fully saturated rings. The van der Waals surface area contributed by atoms with Crippen molar-refractivity contribution in [3.63, 3.8) is 0 Å². The number of allylic oxidation sites excluding steroid dienone is 1. The average molecular weight is 92.1 g/mol. The van der Waals surface area contributed by atoms with E-state index in [0.717, 1.165) is 0 Å². The van der Waals surface area contributed by atoms with Crippen LogP contribution >= 0.6 is 0 Å². The molecule has 1 heterocycles. The first kappa shape index (κ1) is 3.88. The van der Waals surface area contributed by atoms with Gasteiger partial charge in [0.2, 0.25) is 0 Å². The molecular formula is C4H2N3. The first-order valence-corrected chi connectivity index (χ1v) is 1.77. The summed E-state index contributed by atoms with van der Waals surface area (Å²) >= 11 is 0. The van der Waals surface area contributed by atoms with Gasteiger partial charge in [-0.05, 0) is 0 Å². The molecule has 0 atom stereocenters. The Kier molecular flexibility index (Phi) is 0.794. The average Bonchev–Trinajstić information content (AvgIpc) is 2.14. The van der Waals surface area contributed by atoms with E-state index in [0.29, 0.717) is 5.57 Å². The van der Waals surface area contributed by atoms with Crippen molar-refractivity contribution < 1.29 is 0 Å². The summed E-state index contributed by atoms with van der Waals surface area (Å²) in [5.41, 5.74) is 3.93. The molecule has 0 aromatic heterocycles. The lowest BCUT2D eigenvalue weighted by Crippen LogP contribution is -1.71. The first-order chi connectivity index (χ1) is 3.43. The molecule has 0 N–H and O–H groups in total. The van der Waals surface area contributed by atoms with Gasteiger partial charge in [0.05, 0.1) is 18.0 Å². The molecule has 0 saturated carbocycles.